The van der Waals surface area contributed by atoms with E-state index in [0.717, 1.165) is 12.3 Å². The molecule has 0 saturated heterocycles. The van der Waals surface area contributed by atoms with Crippen molar-refractivity contribution in [2.24, 2.45) is 5.92 Å². The second kappa shape index (κ2) is 5.76. The molecule has 14 heavy (non-hydrogen) atoms. The van der Waals surface area contributed by atoms with Gasteiger partial charge in [0.2, 0.25) is 0 Å². The van der Waals surface area contributed by atoms with Gasteiger partial charge in [0.25, 0.3) is 0 Å². The van der Waals surface area contributed by atoms with E-state index in [2.05, 4.69) is 36.3 Å². The first-order valence-electron chi connectivity index (χ1n) is 5.28. The van der Waals surface area contributed by atoms with Gasteiger partial charge in [-0.1, -0.05) is 13.8 Å². The fourth-order valence-corrected chi connectivity index (χ4v) is 1.68. The van der Waals surface area contributed by atoms with Crippen molar-refractivity contribution in [1.82, 2.24) is 10.3 Å². The molecule has 1 heterocycles. The van der Waals surface area contributed by atoms with Crippen molar-refractivity contribution in [3.63, 3.8) is 0 Å². The first kappa shape index (κ1) is 11.2. The molecule has 2 heteroatoms. The molecule has 1 aromatic rings. The number of hydrogen-bond donors (Lipinski definition) is 1. The molecule has 2 nitrogen and oxygen atoms in total. The fourth-order valence-electron chi connectivity index (χ4n) is 1.68. The largest absolute Gasteiger partial charge is 0.317 e. The molecule has 0 aliphatic rings. The summed E-state index contributed by atoms with van der Waals surface area (Å²) >= 11 is 0. The van der Waals surface area contributed by atoms with Gasteiger partial charge in [-0.2, -0.15) is 0 Å². The minimum absolute atomic E-state index is 0.581. The van der Waals surface area contributed by atoms with E-state index in [4.69, 9.17) is 0 Å². The van der Waals surface area contributed by atoms with Crippen molar-refractivity contribution in [3.05, 3.63) is 30.1 Å². The Hall–Kier alpha value is -0.890. The zero-order valence-electron chi connectivity index (χ0n) is 9.33. The molecule has 78 valence electrons. The van der Waals surface area contributed by atoms with Crippen molar-refractivity contribution >= 4 is 0 Å². The van der Waals surface area contributed by atoms with Gasteiger partial charge >= 0.3 is 0 Å². The average Bonchev–Trinajstić information content (AvgIpc) is 2.17. The molecular weight excluding hydrogens is 172 g/mol. The normalized spacial score (nSPS) is 13.1. The van der Waals surface area contributed by atoms with Crippen LogP contribution >= 0.6 is 0 Å². The summed E-state index contributed by atoms with van der Waals surface area (Å²) < 4.78 is 0. The number of pyridine rings is 1. The van der Waals surface area contributed by atoms with Crippen LogP contribution in [0.4, 0.5) is 0 Å². The van der Waals surface area contributed by atoms with Gasteiger partial charge in [0.15, 0.2) is 0 Å². The number of likely N-dealkylation sites (N-methyl/N-ethyl adjacent to an activating group) is 1. The van der Waals surface area contributed by atoms with E-state index in [1.807, 2.05) is 19.4 Å². The summed E-state index contributed by atoms with van der Waals surface area (Å²) in [6.07, 6.45) is 6.03. The zero-order chi connectivity index (χ0) is 10.4. The smallest absolute Gasteiger partial charge is 0.0270 e. The molecule has 0 amide bonds. The van der Waals surface area contributed by atoms with E-state index in [1.165, 1.54) is 12.0 Å². The van der Waals surface area contributed by atoms with Gasteiger partial charge < -0.3 is 5.32 Å². The minimum atomic E-state index is 0.581. The van der Waals surface area contributed by atoms with Gasteiger partial charge in [0, 0.05) is 18.4 Å². The second-order valence-electron chi connectivity index (χ2n) is 4.17. The predicted octanol–water partition coefficient (Wildman–Crippen LogP) is 2.26. The number of rotatable bonds is 5. The first-order valence-corrected chi connectivity index (χ1v) is 5.28. The van der Waals surface area contributed by atoms with Crippen LogP contribution in [-0.4, -0.2) is 18.1 Å². The van der Waals surface area contributed by atoms with Crippen LogP contribution in [0.25, 0.3) is 0 Å². The quantitative estimate of drug-likeness (QED) is 0.774. The Labute approximate surface area is 86.8 Å². The maximum Gasteiger partial charge on any atom is 0.0270 e. The highest BCUT2D eigenvalue weighted by molar-refractivity contribution is 5.11. The summed E-state index contributed by atoms with van der Waals surface area (Å²) in [4.78, 5) is 4.02. The molecule has 1 unspecified atom stereocenters. The van der Waals surface area contributed by atoms with E-state index in [-0.39, 0.29) is 0 Å². The Morgan fingerprint density at radius 1 is 1.29 bits per heavy atom. The Bertz CT molecular complexity index is 244. The van der Waals surface area contributed by atoms with Crippen LogP contribution in [-0.2, 0) is 6.42 Å². The summed E-state index contributed by atoms with van der Waals surface area (Å²) in [6, 6.07) is 4.76. The zero-order valence-corrected chi connectivity index (χ0v) is 9.33. The van der Waals surface area contributed by atoms with E-state index in [0.29, 0.717) is 6.04 Å². The number of nitrogens with one attached hydrogen (secondary N) is 1. The van der Waals surface area contributed by atoms with Gasteiger partial charge in [-0.25, -0.2) is 0 Å². The van der Waals surface area contributed by atoms with Crippen LogP contribution in [0.5, 0.6) is 0 Å². The lowest BCUT2D eigenvalue weighted by Gasteiger charge is -2.18. The van der Waals surface area contributed by atoms with Crippen molar-refractivity contribution in [2.75, 3.05) is 7.05 Å². The van der Waals surface area contributed by atoms with Crippen molar-refractivity contribution in [2.45, 2.75) is 32.7 Å². The predicted molar refractivity (Wildman–Crippen MR) is 60.2 cm³/mol. The van der Waals surface area contributed by atoms with E-state index >= 15 is 0 Å². The highest BCUT2D eigenvalue weighted by atomic mass is 14.9. The third kappa shape index (κ3) is 3.88. The van der Waals surface area contributed by atoms with Gasteiger partial charge in [0.1, 0.15) is 0 Å². The molecular formula is C12H20N2. The molecule has 0 aromatic carbocycles. The second-order valence-corrected chi connectivity index (χ2v) is 4.17. The summed E-state index contributed by atoms with van der Waals surface area (Å²) in [6.45, 7) is 4.52. The Kier molecular flexibility index (Phi) is 4.60. The molecule has 1 aromatic heterocycles. The molecule has 0 radical (unpaired) electrons. The van der Waals surface area contributed by atoms with E-state index in [1.54, 1.807) is 0 Å². The highest BCUT2D eigenvalue weighted by Crippen LogP contribution is 2.09. The van der Waals surface area contributed by atoms with Gasteiger partial charge in [-0.3, -0.25) is 4.98 Å². The lowest BCUT2D eigenvalue weighted by atomic mass is 9.98. The molecule has 1 rings (SSSR count). The molecule has 1 N–H and O–H groups in total. The van der Waals surface area contributed by atoms with Crippen LogP contribution in [0.3, 0.4) is 0 Å². The summed E-state index contributed by atoms with van der Waals surface area (Å²) in [5.74, 6) is 0.745. The van der Waals surface area contributed by atoms with Crippen LogP contribution in [0.15, 0.2) is 24.5 Å². The fraction of sp³-hybridized carbons (Fsp3) is 0.583. The standard InChI is InChI=1S/C12H20N2/c1-10(2)8-12(13-3)9-11-4-6-14-7-5-11/h4-7,10,12-13H,8-9H2,1-3H3. The molecule has 0 saturated carbocycles. The van der Waals surface area contributed by atoms with Crippen LogP contribution in [0, 0.1) is 5.92 Å². The van der Waals surface area contributed by atoms with Crippen LogP contribution in [0.2, 0.25) is 0 Å². The Morgan fingerprint density at radius 3 is 2.43 bits per heavy atom. The summed E-state index contributed by atoms with van der Waals surface area (Å²) in [7, 11) is 2.04. The van der Waals surface area contributed by atoms with E-state index in [9.17, 15) is 0 Å². The molecule has 0 aliphatic carbocycles. The molecule has 0 aliphatic heterocycles. The lowest BCUT2D eigenvalue weighted by Crippen LogP contribution is -2.29. The topological polar surface area (TPSA) is 24.9 Å². The minimum Gasteiger partial charge on any atom is -0.317 e. The van der Waals surface area contributed by atoms with Gasteiger partial charge in [-0.15, -0.1) is 0 Å². The van der Waals surface area contributed by atoms with E-state index < -0.39 is 0 Å². The maximum absolute atomic E-state index is 4.02. The summed E-state index contributed by atoms with van der Waals surface area (Å²) in [5.41, 5.74) is 1.36. The van der Waals surface area contributed by atoms with Crippen molar-refractivity contribution in [1.29, 1.82) is 0 Å². The van der Waals surface area contributed by atoms with Crippen molar-refractivity contribution in [3.8, 4) is 0 Å². The van der Waals surface area contributed by atoms with Gasteiger partial charge in [0.05, 0.1) is 0 Å². The molecule has 1 atom stereocenters. The number of nitrogens with zero attached hydrogens (tertiary/aromatic N) is 1. The third-order valence-corrected chi connectivity index (χ3v) is 2.40. The summed E-state index contributed by atoms with van der Waals surface area (Å²) in [5, 5.41) is 3.36. The first-order chi connectivity index (χ1) is 6.72. The SMILES string of the molecule is CNC(Cc1ccncc1)CC(C)C. The Balaban J connectivity index is 2.48. The van der Waals surface area contributed by atoms with Crippen LogP contribution < -0.4 is 5.32 Å². The van der Waals surface area contributed by atoms with Crippen LogP contribution in [0.1, 0.15) is 25.8 Å². The van der Waals surface area contributed by atoms with Crippen molar-refractivity contribution < 1.29 is 0 Å². The van der Waals surface area contributed by atoms with Gasteiger partial charge in [-0.05, 0) is 43.5 Å². The average molecular weight is 192 g/mol. The lowest BCUT2D eigenvalue weighted by molar-refractivity contribution is 0.441. The Morgan fingerprint density at radius 2 is 1.93 bits per heavy atom. The monoisotopic (exact) mass is 192 g/mol. The molecule has 0 fully saturated rings. The number of hydrogen-bond acceptors (Lipinski definition) is 2. The number of aromatic nitrogens is 1. The maximum atomic E-state index is 4.02. The molecule has 0 spiro atoms. The molecule has 0 bridgehead atoms. The third-order valence-electron chi connectivity index (χ3n) is 2.40. The highest BCUT2D eigenvalue weighted by Gasteiger charge is 2.08.